The van der Waals surface area contributed by atoms with Gasteiger partial charge in [-0.3, -0.25) is 4.31 Å². The third-order valence-corrected chi connectivity index (χ3v) is 8.13. The van der Waals surface area contributed by atoms with Crippen LogP contribution < -0.4 is 4.31 Å². The first-order valence-electron chi connectivity index (χ1n) is 8.31. The number of benzene rings is 2. The first kappa shape index (κ1) is 18.9. The third kappa shape index (κ3) is 3.62. The molecular formula is C18H22N2O4S2. The Morgan fingerprint density at radius 2 is 1.62 bits per heavy atom. The summed E-state index contributed by atoms with van der Waals surface area (Å²) >= 11 is 0. The molecule has 1 aliphatic rings. The Morgan fingerprint density at radius 3 is 2.27 bits per heavy atom. The van der Waals surface area contributed by atoms with Crippen molar-refractivity contribution in [1.82, 2.24) is 4.31 Å². The predicted molar refractivity (Wildman–Crippen MR) is 102 cm³/mol. The van der Waals surface area contributed by atoms with E-state index in [1.165, 1.54) is 30.5 Å². The van der Waals surface area contributed by atoms with Crippen LogP contribution in [0.25, 0.3) is 0 Å². The smallest absolute Gasteiger partial charge is 0.242 e. The number of hydrogen-bond donors (Lipinski definition) is 0. The zero-order valence-electron chi connectivity index (χ0n) is 14.8. The summed E-state index contributed by atoms with van der Waals surface area (Å²) in [5.74, 6) is -0.0128. The van der Waals surface area contributed by atoms with Gasteiger partial charge in [0.25, 0.3) is 0 Å². The predicted octanol–water partition coefficient (Wildman–Crippen LogP) is 1.87. The van der Waals surface area contributed by atoms with Crippen molar-refractivity contribution < 1.29 is 16.8 Å². The zero-order valence-corrected chi connectivity index (χ0v) is 16.4. The molecule has 0 aliphatic carbocycles. The summed E-state index contributed by atoms with van der Waals surface area (Å²) in [7, 11) is -3.94. The Labute approximate surface area is 155 Å². The molecule has 3 rings (SSSR count). The topological polar surface area (TPSA) is 74.8 Å². The molecule has 26 heavy (non-hydrogen) atoms. The maximum absolute atomic E-state index is 12.7. The Hall–Kier alpha value is -1.90. The molecule has 2 aromatic carbocycles. The summed E-state index contributed by atoms with van der Waals surface area (Å²) in [6.45, 7) is 0.474. The lowest BCUT2D eigenvalue weighted by atomic mass is 10.2. The van der Waals surface area contributed by atoms with Gasteiger partial charge >= 0.3 is 0 Å². The molecule has 1 aliphatic heterocycles. The molecule has 0 amide bonds. The van der Waals surface area contributed by atoms with Crippen molar-refractivity contribution in [1.29, 1.82) is 0 Å². The number of anilines is 1. The molecule has 140 valence electrons. The molecule has 2 aromatic rings. The number of aryl methyl sites for hydroxylation is 1. The van der Waals surface area contributed by atoms with Crippen LogP contribution in [0.2, 0.25) is 0 Å². The zero-order chi connectivity index (χ0) is 18.9. The van der Waals surface area contributed by atoms with Crippen LogP contribution in [0.15, 0.2) is 53.4 Å². The molecule has 6 nitrogen and oxygen atoms in total. The molecule has 0 saturated heterocycles. The quantitative estimate of drug-likeness (QED) is 0.750. The lowest BCUT2D eigenvalue weighted by molar-refractivity contribution is 0.520. The molecule has 0 fully saturated rings. The van der Waals surface area contributed by atoms with E-state index in [-0.39, 0.29) is 10.6 Å². The van der Waals surface area contributed by atoms with Gasteiger partial charge < -0.3 is 0 Å². The van der Waals surface area contributed by atoms with Crippen LogP contribution in [0.4, 0.5) is 5.69 Å². The molecule has 0 unspecified atom stereocenters. The van der Waals surface area contributed by atoms with Gasteiger partial charge in [0.2, 0.25) is 20.0 Å². The number of nitrogens with zero attached hydrogens (tertiary/aromatic N) is 2. The minimum Gasteiger partial charge on any atom is -0.270 e. The Bertz CT molecular complexity index is 998. The van der Waals surface area contributed by atoms with Crippen LogP contribution in [0.3, 0.4) is 0 Å². The molecule has 0 bridgehead atoms. The van der Waals surface area contributed by atoms with Gasteiger partial charge in [0.05, 0.1) is 16.3 Å². The van der Waals surface area contributed by atoms with Crippen molar-refractivity contribution in [2.45, 2.75) is 17.7 Å². The van der Waals surface area contributed by atoms with Gasteiger partial charge in [-0.15, -0.1) is 0 Å². The maximum atomic E-state index is 12.7. The minimum atomic E-state index is -3.48. The van der Waals surface area contributed by atoms with E-state index in [1.54, 1.807) is 12.1 Å². The van der Waals surface area contributed by atoms with Gasteiger partial charge in [0, 0.05) is 20.6 Å². The van der Waals surface area contributed by atoms with E-state index in [9.17, 15) is 16.8 Å². The van der Waals surface area contributed by atoms with Crippen LogP contribution in [0.1, 0.15) is 11.1 Å². The van der Waals surface area contributed by atoms with Crippen LogP contribution in [-0.4, -0.2) is 47.5 Å². The van der Waals surface area contributed by atoms with Crippen molar-refractivity contribution in [3.63, 3.8) is 0 Å². The van der Waals surface area contributed by atoms with Crippen molar-refractivity contribution in [2.24, 2.45) is 0 Å². The molecule has 0 spiro atoms. The monoisotopic (exact) mass is 394 g/mol. The molecule has 0 atom stereocenters. The van der Waals surface area contributed by atoms with E-state index in [0.717, 1.165) is 27.5 Å². The second-order valence-corrected chi connectivity index (χ2v) is 10.6. The number of sulfonamides is 2. The second kappa shape index (κ2) is 7.02. The summed E-state index contributed by atoms with van der Waals surface area (Å²) in [4.78, 5) is 0.197. The first-order valence-corrected chi connectivity index (χ1v) is 11.4. The summed E-state index contributed by atoms with van der Waals surface area (Å²) in [6.07, 6.45) is 1.07. The molecule has 0 radical (unpaired) electrons. The number of hydrogen-bond acceptors (Lipinski definition) is 4. The van der Waals surface area contributed by atoms with Gasteiger partial charge in [0.15, 0.2) is 0 Å². The highest BCUT2D eigenvalue weighted by Crippen LogP contribution is 2.30. The third-order valence-electron chi connectivity index (χ3n) is 4.53. The van der Waals surface area contributed by atoms with Crippen LogP contribution in [0, 0.1) is 0 Å². The SMILES string of the molecule is CN(C)S(=O)(=O)c1ccc(CCS(=O)(=O)N2CCc3ccccc32)cc1. The number of fused-ring (bicyclic) bond motifs is 1. The van der Waals surface area contributed by atoms with E-state index in [0.29, 0.717) is 13.0 Å². The average molecular weight is 395 g/mol. The lowest BCUT2D eigenvalue weighted by Crippen LogP contribution is -2.32. The fourth-order valence-corrected chi connectivity index (χ4v) is 5.46. The highest BCUT2D eigenvalue weighted by atomic mass is 32.2. The molecule has 8 heteroatoms. The van der Waals surface area contributed by atoms with Gasteiger partial charge in [-0.2, -0.15) is 0 Å². The van der Waals surface area contributed by atoms with E-state index < -0.39 is 20.0 Å². The summed E-state index contributed by atoms with van der Waals surface area (Å²) < 4.78 is 52.2. The molecule has 0 aromatic heterocycles. The van der Waals surface area contributed by atoms with E-state index in [2.05, 4.69) is 0 Å². The largest absolute Gasteiger partial charge is 0.270 e. The molecule has 0 N–H and O–H groups in total. The Morgan fingerprint density at radius 1 is 0.962 bits per heavy atom. The summed E-state index contributed by atoms with van der Waals surface area (Å²) in [6, 6.07) is 13.9. The van der Waals surface area contributed by atoms with Gasteiger partial charge in [-0.25, -0.2) is 21.1 Å². The second-order valence-electron chi connectivity index (χ2n) is 6.45. The standard InChI is InChI=1S/C18H22N2O4S2/c1-19(2)26(23,24)17-9-7-15(8-10-17)12-14-25(21,22)20-13-11-16-5-3-4-6-18(16)20/h3-10H,11-14H2,1-2H3. The molecule has 0 saturated carbocycles. The first-order chi connectivity index (χ1) is 12.2. The molecule has 1 heterocycles. The fourth-order valence-electron chi connectivity index (χ4n) is 2.99. The van der Waals surface area contributed by atoms with Crippen LogP contribution in [-0.2, 0) is 32.9 Å². The summed E-state index contributed by atoms with van der Waals surface area (Å²) in [5.41, 5.74) is 2.60. The van der Waals surface area contributed by atoms with Crippen LogP contribution in [0.5, 0.6) is 0 Å². The highest BCUT2D eigenvalue weighted by molar-refractivity contribution is 7.92. The van der Waals surface area contributed by atoms with E-state index in [4.69, 9.17) is 0 Å². The van der Waals surface area contributed by atoms with Crippen molar-refractivity contribution in [3.8, 4) is 0 Å². The van der Waals surface area contributed by atoms with Gasteiger partial charge in [-0.05, 0) is 42.2 Å². The van der Waals surface area contributed by atoms with Crippen molar-refractivity contribution >= 4 is 25.7 Å². The van der Waals surface area contributed by atoms with Gasteiger partial charge in [0.1, 0.15) is 0 Å². The maximum Gasteiger partial charge on any atom is 0.242 e. The lowest BCUT2D eigenvalue weighted by Gasteiger charge is -2.19. The highest BCUT2D eigenvalue weighted by Gasteiger charge is 2.28. The normalized spacial score (nSPS) is 14.7. The fraction of sp³-hybridized carbons (Fsp3) is 0.333. The summed E-state index contributed by atoms with van der Waals surface area (Å²) in [5, 5.41) is 0. The minimum absolute atomic E-state index is 0.0128. The average Bonchev–Trinajstić information content (AvgIpc) is 3.05. The number of rotatable bonds is 6. The van der Waals surface area contributed by atoms with E-state index in [1.807, 2.05) is 24.3 Å². The van der Waals surface area contributed by atoms with Crippen molar-refractivity contribution in [2.75, 3.05) is 30.7 Å². The van der Waals surface area contributed by atoms with E-state index >= 15 is 0 Å². The van der Waals surface area contributed by atoms with Crippen molar-refractivity contribution in [3.05, 3.63) is 59.7 Å². The Kier molecular flexibility index (Phi) is 5.09. The Balaban J connectivity index is 1.71. The van der Waals surface area contributed by atoms with Gasteiger partial charge in [-0.1, -0.05) is 30.3 Å². The molecular weight excluding hydrogens is 372 g/mol. The number of para-hydroxylation sites is 1. The van der Waals surface area contributed by atoms with Crippen LogP contribution >= 0.6 is 0 Å².